The zero-order chi connectivity index (χ0) is 13.4. The van der Waals surface area contributed by atoms with Crippen LogP contribution < -0.4 is 10.6 Å². The maximum Gasteiger partial charge on any atom is 0.221 e. The molecule has 3 N–H and O–H groups in total. The summed E-state index contributed by atoms with van der Waals surface area (Å²) in [5.74, 6) is 0.0430. The molecule has 0 saturated carbocycles. The van der Waals surface area contributed by atoms with Crippen LogP contribution in [0.2, 0.25) is 0 Å². The van der Waals surface area contributed by atoms with Crippen LogP contribution in [-0.2, 0) is 17.9 Å². The summed E-state index contributed by atoms with van der Waals surface area (Å²) in [6, 6.07) is 0.177. The average molecular weight is 255 g/mol. The Labute approximate surface area is 107 Å². The summed E-state index contributed by atoms with van der Waals surface area (Å²) in [5, 5.41) is 22.5. The van der Waals surface area contributed by atoms with Gasteiger partial charge in [0.15, 0.2) is 0 Å². The van der Waals surface area contributed by atoms with Crippen molar-refractivity contribution in [2.24, 2.45) is 0 Å². The van der Waals surface area contributed by atoms with Gasteiger partial charge >= 0.3 is 0 Å². The second-order valence-corrected chi connectivity index (χ2v) is 4.35. The molecule has 0 radical (unpaired) electrons. The number of nitrogens with zero attached hydrogens (tertiary/aromatic N) is 3. The molecule has 1 heterocycles. The van der Waals surface area contributed by atoms with Gasteiger partial charge in [0.25, 0.3) is 0 Å². The predicted molar refractivity (Wildman–Crippen MR) is 66.7 cm³/mol. The van der Waals surface area contributed by atoms with Crippen molar-refractivity contribution in [1.82, 2.24) is 25.6 Å². The first-order valence-corrected chi connectivity index (χ1v) is 6.11. The van der Waals surface area contributed by atoms with E-state index in [1.807, 2.05) is 13.8 Å². The number of rotatable bonds is 8. The molecule has 0 unspecified atom stereocenters. The van der Waals surface area contributed by atoms with Crippen LogP contribution in [0.1, 0.15) is 26.0 Å². The first-order valence-electron chi connectivity index (χ1n) is 6.11. The van der Waals surface area contributed by atoms with E-state index < -0.39 is 0 Å². The van der Waals surface area contributed by atoms with Crippen molar-refractivity contribution in [2.45, 2.75) is 39.4 Å². The van der Waals surface area contributed by atoms with Crippen molar-refractivity contribution >= 4 is 5.91 Å². The molecule has 0 aliphatic rings. The number of hydrogen-bond acceptors (Lipinski definition) is 5. The summed E-state index contributed by atoms with van der Waals surface area (Å²) >= 11 is 0. The molecule has 0 spiro atoms. The SMILES string of the molecule is CC(C)NC(=O)CCNCc1cn(CCO)nn1. The molecule has 1 aromatic rings. The van der Waals surface area contributed by atoms with Gasteiger partial charge in [-0.25, -0.2) is 4.68 Å². The molecule has 102 valence electrons. The molecule has 0 aliphatic carbocycles. The zero-order valence-electron chi connectivity index (χ0n) is 10.9. The number of amides is 1. The van der Waals surface area contributed by atoms with Gasteiger partial charge in [0.2, 0.25) is 5.91 Å². The Kier molecular flexibility index (Phi) is 6.31. The van der Waals surface area contributed by atoms with E-state index in [-0.39, 0.29) is 18.6 Å². The topological polar surface area (TPSA) is 92.1 Å². The van der Waals surface area contributed by atoms with Crippen molar-refractivity contribution in [3.63, 3.8) is 0 Å². The zero-order valence-corrected chi connectivity index (χ0v) is 10.9. The summed E-state index contributed by atoms with van der Waals surface area (Å²) < 4.78 is 1.59. The van der Waals surface area contributed by atoms with Crippen molar-refractivity contribution in [2.75, 3.05) is 13.2 Å². The standard InChI is InChI=1S/C11H21N5O2/c1-9(2)13-11(18)3-4-12-7-10-8-16(5-6-17)15-14-10/h8-9,12,17H,3-7H2,1-2H3,(H,13,18). The molecule has 0 saturated heterocycles. The highest BCUT2D eigenvalue weighted by Crippen LogP contribution is 1.92. The Morgan fingerprint density at radius 3 is 3.00 bits per heavy atom. The molecule has 0 bridgehead atoms. The van der Waals surface area contributed by atoms with E-state index in [0.29, 0.717) is 26.1 Å². The summed E-state index contributed by atoms with van der Waals surface area (Å²) in [7, 11) is 0. The highest BCUT2D eigenvalue weighted by molar-refractivity contribution is 5.76. The van der Waals surface area contributed by atoms with Crippen LogP contribution in [0.15, 0.2) is 6.20 Å². The minimum Gasteiger partial charge on any atom is -0.394 e. The largest absolute Gasteiger partial charge is 0.394 e. The summed E-state index contributed by atoms with van der Waals surface area (Å²) in [6.07, 6.45) is 2.22. The smallest absolute Gasteiger partial charge is 0.221 e. The lowest BCUT2D eigenvalue weighted by Gasteiger charge is -2.08. The monoisotopic (exact) mass is 255 g/mol. The summed E-state index contributed by atoms with van der Waals surface area (Å²) in [4.78, 5) is 11.3. The lowest BCUT2D eigenvalue weighted by atomic mass is 10.3. The number of carbonyl (C=O) groups excluding carboxylic acids is 1. The normalized spacial score (nSPS) is 10.9. The van der Waals surface area contributed by atoms with Gasteiger partial charge in [-0.05, 0) is 13.8 Å². The van der Waals surface area contributed by atoms with E-state index in [1.54, 1.807) is 10.9 Å². The van der Waals surface area contributed by atoms with Crippen LogP contribution >= 0.6 is 0 Å². The maximum absolute atomic E-state index is 11.3. The van der Waals surface area contributed by atoms with Crippen LogP contribution in [0, 0.1) is 0 Å². The van der Waals surface area contributed by atoms with E-state index in [9.17, 15) is 4.79 Å². The Morgan fingerprint density at radius 2 is 2.33 bits per heavy atom. The Hall–Kier alpha value is -1.47. The van der Waals surface area contributed by atoms with Gasteiger partial charge in [-0.2, -0.15) is 0 Å². The second kappa shape index (κ2) is 7.78. The number of hydrogen-bond donors (Lipinski definition) is 3. The maximum atomic E-state index is 11.3. The third-order valence-electron chi connectivity index (χ3n) is 2.20. The fourth-order valence-electron chi connectivity index (χ4n) is 1.44. The fourth-order valence-corrected chi connectivity index (χ4v) is 1.44. The van der Waals surface area contributed by atoms with Crippen LogP contribution in [0.25, 0.3) is 0 Å². The Morgan fingerprint density at radius 1 is 1.56 bits per heavy atom. The minimum absolute atomic E-state index is 0.0430. The Bertz CT molecular complexity index is 364. The Balaban J connectivity index is 2.15. The number of aromatic nitrogens is 3. The van der Waals surface area contributed by atoms with Gasteiger partial charge < -0.3 is 15.7 Å². The third kappa shape index (κ3) is 5.74. The molecule has 1 aromatic heterocycles. The second-order valence-electron chi connectivity index (χ2n) is 4.35. The van der Waals surface area contributed by atoms with E-state index in [0.717, 1.165) is 5.69 Å². The lowest BCUT2D eigenvalue weighted by molar-refractivity contribution is -0.121. The first-order chi connectivity index (χ1) is 8.61. The van der Waals surface area contributed by atoms with E-state index in [4.69, 9.17) is 5.11 Å². The lowest BCUT2D eigenvalue weighted by Crippen LogP contribution is -2.32. The van der Waals surface area contributed by atoms with Crippen LogP contribution in [0.3, 0.4) is 0 Å². The molecule has 0 aromatic carbocycles. The van der Waals surface area contributed by atoms with Gasteiger partial charge in [0, 0.05) is 31.7 Å². The number of carbonyl (C=O) groups is 1. The summed E-state index contributed by atoms with van der Waals surface area (Å²) in [6.45, 7) is 5.54. The molecule has 1 rings (SSSR count). The third-order valence-corrected chi connectivity index (χ3v) is 2.20. The highest BCUT2D eigenvalue weighted by Gasteiger charge is 2.03. The van der Waals surface area contributed by atoms with Gasteiger partial charge in [-0.3, -0.25) is 4.79 Å². The molecular weight excluding hydrogens is 234 g/mol. The summed E-state index contributed by atoms with van der Waals surface area (Å²) in [5.41, 5.74) is 0.799. The van der Waals surface area contributed by atoms with E-state index in [2.05, 4.69) is 20.9 Å². The van der Waals surface area contributed by atoms with Crippen molar-refractivity contribution in [3.8, 4) is 0 Å². The van der Waals surface area contributed by atoms with Crippen LogP contribution in [-0.4, -0.2) is 45.2 Å². The molecule has 7 heteroatoms. The fraction of sp³-hybridized carbons (Fsp3) is 0.727. The van der Waals surface area contributed by atoms with Gasteiger partial charge in [0.1, 0.15) is 0 Å². The average Bonchev–Trinajstić information content (AvgIpc) is 2.72. The number of aliphatic hydroxyl groups is 1. The van der Waals surface area contributed by atoms with Gasteiger partial charge in [-0.1, -0.05) is 5.21 Å². The quantitative estimate of drug-likeness (QED) is 0.533. The van der Waals surface area contributed by atoms with Crippen molar-refractivity contribution in [3.05, 3.63) is 11.9 Å². The van der Waals surface area contributed by atoms with Crippen LogP contribution in [0.5, 0.6) is 0 Å². The number of nitrogens with one attached hydrogen (secondary N) is 2. The molecular formula is C11H21N5O2. The molecule has 0 aliphatic heterocycles. The molecule has 18 heavy (non-hydrogen) atoms. The van der Waals surface area contributed by atoms with Gasteiger partial charge in [-0.15, -0.1) is 5.10 Å². The molecule has 0 atom stereocenters. The molecule has 1 amide bonds. The molecule has 0 fully saturated rings. The number of aliphatic hydroxyl groups excluding tert-OH is 1. The van der Waals surface area contributed by atoms with E-state index in [1.165, 1.54) is 0 Å². The first kappa shape index (κ1) is 14.6. The van der Waals surface area contributed by atoms with Crippen molar-refractivity contribution < 1.29 is 9.90 Å². The van der Waals surface area contributed by atoms with Crippen LogP contribution in [0.4, 0.5) is 0 Å². The van der Waals surface area contributed by atoms with E-state index >= 15 is 0 Å². The van der Waals surface area contributed by atoms with Gasteiger partial charge in [0.05, 0.1) is 18.8 Å². The molecule has 7 nitrogen and oxygen atoms in total. The van der Waals surface area contributed by atoms with Crippen molar-refractivity contribution in [1.29, 1.82) is 0 Å². The predicted octanol–water partition coefficient (Wildman–Crippen LogP) is -0.725. The highest BCUT2D eigenvalue weighted by atomic mass is 16.3. The minimum atomic E-state index is 0.0430.